The van der Waals surface area contributed by atoms with Gasteiger partial charge in [0.05, 0.1) is 0 Å². The molecule has 1 aromatic carbocycles. The highest BCUT2D eigenvalue weighted by molar-refractivity contribution is 5.66. The van der Waals surface area contributed by atoms with Gasteiger partial charge in [0.15, 0.2) is 0 Å². The first-order chi connectivity index (χ1) is 6.93. The summed E-state index contributed by atoms with van der Waals surface area (Å²) in [7, 11) is 1.58. The van der Waals surface area contributed by atoms with Crippen molar-refractivity contribution in [2.24, 2.45) is 0 Å². The van der Waals surface area contributed by atoms with Gasteiger partial charge in [-0.05, 0) is 12.0 Å². The lowest BCUT2D eigenvalue weighted by atomic mass is 10.1. The highest BCUT2D eigenvalue weighted by Gasteiger charge is 1.83. The largest absolute Gasteiger partial charge is 0.355 e. The number of benzene rings is 1. The molecule has 0 atom stereocenters. The fourth-order valence-electron chi connectivity index (χ4n) is 1.06. The van der Waals surface area contributed by atoms with Gasteiger partial charge in [0.25, 0.3) is 0 Å². The summed E-state index contributed by atoms with van der Waals surface area (Å²) >= 11 is 0. The van der Waals surface area contributed by atoms with E-state index in [1.807, 2.05) is 30.4 Å². The van der Waals surface area contributed by atoms with E-state index in [4.69, 9.17) is 0 Å². The highest BCUT2D eigenvalue weighted by Crippen LogP contribution is 1.99. The van der Waals surface area contributed by atoms with E-state index in [0.29, 0.717) is 0 Å². The van der Waals surface area contributed by atoms with Crippen molar-refractivity contribution in [3.05, 3.63) is 60.2 Å². The maximum absolute atomic E-state index is 4.64. The lowest BCUT2D eigenvalue weighted by molar-refractivity contribution is 0.186. The number of carbonyl (C=O) groups excluding carboxylic acids is 1. The molecule has 1 heteroatoms. The molecule has 0 saturated heterocycles. The lowest BCUT2D eigenvalue weighted by Gasteiger charge is -1.93. The first kappa shape index (κ1) is 10.5. The molecule has 0 fully saturated rings. The van der Waals surface area contributed by atoms with E-state index < -0.39 is 0 Å². The van der Waals surface area contributed by atoms with E-state index in [2.05, 4.69) is 28.9 Å². The highest BCUT2D eigenvalue weighted by atomic mass is 16.4. The van der Waals surface area contributed by atoms with Crippen molar-refractivity contribution in [3.8, 4) is 0 Å². The summed E-state index contributed by atoms with van der Waals surface area (Å²) in [5.41, 5.74) is 1.32. The molecule has 0 aliphatic rings. The Morgan fingerprint density at radius 1 is 1.21 bits per heavy atom. The second kappa shape index (κ2) is 6.84. The van der Waals surface area contributed by atoms with Crippen LogP contribution >= 0.6 is 0 Å². The van der Waals surface area contributed by atoms with E-state index in [-0.39, 0.29) is 0 Å². The Morgan fingerprint density at radius 3 is 2.71 bits per heavy atom. The van der Waals surface area contributed by atoms with Gasteiger partial charge in [-0.3, -0.25) is 0 Å². The monoisotopic (exact) mass is 186 g/mol. The van der Waals surface area contributed by atoms with Gasteiger partial charge in [0.2, 0.25) is 13.4 Å². The Morgan fingerprint density at radius 2 is 2.00 bits per heavy atom. The summed E-state index contributed by atoms with van der Waals surface area (Å²) in [5.74, 6) is 0. The van der Waals surface area contributed by atoms with Gasteiger partial charge in [-0.1, -0.05) is 36.4 Å². The van der Waals surface area contributed by atoms with Crippen LogP contribution in [0.25, 0.3) is 0 Å². The standard InChI is InChI=1S/C13H14O/c1-14-12-8-3-2-5-9-13-10-6-4-7-11-13/h2-8,10-11H,9H2,1H3/b5-2+,8-3+. The van der Waals surface area contributed by atoms with Crippen LogP contribution in [0.1, 0.15) is 5.56 Å². The summed E-state index contributed by atoms with van der Waals surface area (Å²) in [6.45, 7) is 0. The average molecular weight is 186 g/mol. The van der Waals surface area contributed by atoms with Crippen molar-refractivity contribution < 1.29 is 4.42 Å². The third-order valence-electron chi connectivity index (χ3n) is 1.73. The number of hydrogen-bond acceptors (Lipinski definition) is 0. The molecule has 0 bridgehead atoms. The van der Waals surface area contributed by atoms with Crippen molar-refractivity contribution in [1.82, 2.24) is 0 Å². The van der Waals surface area contributed by atoms with Crippen LogP contribution in [-0.4, -0.2) is 13.4 Å². The molecule has 0 aliphatic heterocycles. The summed E-state index contributed by atoms with van der Waals surface area (Å²) < 4.78 is 4.64. The Labute approximate surface area is 85.1 Å². The van der Waals surface area contributed by atoms with Gasteiger partial charge in [-0.15, -0.1) is 12.2 Å². The number of rotatable bonds is 4. The predicted octanol–water partition coefficient (Wildman–Crippen LogP) is 2.62. The van der Waals surface area contributed by atoms with Gasteiger partial charge in [0, 0.05) is 0 Å². The molecule has 0 radical (unpaired) electrons. The molecule has 0 unspecified atom stereocenters. The van der Waals surface area contributed by atoms with Crippen molar-refractivity contribution in [2.75, 3.05) is 7.11 Å². The first-order valence-corrected chi connectivity index (χ1v) is 4.57. The molecule has 0 saturated carbocycles. The van der Waals surface area contributed by atoms with Gasteiger partial charge in [0.1, 0.15) is 0 Å². The second-order valence-corrected chi connectivity index (χ2v) is 2.80. The van der Waals surface area contributed by atoms with Crippen LogP contribution in [-0.2, 0) is 10.8 Å². The van der Waals surface area contributed by atoms with Crippen LogP contribution in [0.5, 0.6) is 0 Å². The summed E-state index contributed by atoms with van der Waals surface area (Å²) in [4.78, 5) is 0. The summed E-state index contributed by atoms with van der Waals surface area (Å²) in [6.07, 6.45) is 11.3. The molecule has 0 N–H and O–H groups in total. The summed E-state index contributed by atoms with van der Waals surface area (Å²) in [5, 5.41) is 0. The maximum Gasteiger partial charge on any atom is 0.229 e. The van der Waals surface area contributed by atoms with Gasteiger partial charge < -0.3 is 4.42 Å². The van der Waals surface area contributed by atoms with Gasteiger partial charge in [-0.25, -0.2) is 6.08 Å². The third-order valence-corrected chi connectivity index (χ3v) is 1.73. The zero-order valence-corrected chi connectivity index (χ0v) is 8.31. The van der Waals surface area contributed by atoms with Crippen molar-refractivity contribution >= 4 is 6.29 Å². The molecule has 1 aromatic rings. The SMILES string of the molecule is C[O+]=[C-]/C=C/C=C/Cc1ccccc1. The minimum absolute atomic E-state index is 0.957. The molecular weight excluding hydrogens is 172 g/mol. The molecule has 1 nitrogen and oxygen atoms in total. The molecule has 0 heterocycles. The lowest BCUT2D eigenvalue weighted by Crippen LogP contribution is -1.77. The molecule has 0 spiro atoms. The Balaban J connectivity index is 2.34. The minimum atomic E-state index is 0.957. The van der Waals surface area contributed by atoms with Crippen LogP contribution in [0.2, 0.25) is 0 Å². The van der Waals surface area contributed by atoms with E-state index in [9.17, 15) is 0 Å². The van der Waals surface area contributed by atoms with Crippen LogP contribution < -0.4 is 0 Å². The topological polar surface area (TPSA) is 11.3 Å². The van der Waals surface area contributed by atoms with E-state index in [1.54, 1.807) is 13.2 Å². The fourth-order valence-corrected chi connectivity index (χ4v) is 1.06. The second-order valence-electron chi connectivity index (χ2n) is 2.80. The van der Waals surface area contributed by atoms with Crippen LogP contribution in [0.3, 0.4) is 0 Å². The molecule has 72 valence electrons. The molecular formula is C13H14O. The quantitative estimate of drug-likeness (QED) is 0.296. The van der Waals surface area contributed by atoms with Crippen LogP contribution in [0.4, 0.5) is 0 Å². The third kappa shape index (κ3) is 4.41. The Hall–Kier alpha value is -1.63. The molecule has 0 amide bonds. The van der Waals surface area contributed by atoms with Crippen molar-refractivity contribution in [1.29, 1.82) is 0 Å². The molecule has 0 aliphatic carbocycles. The normalized spacial score (nSPS) is 12.1. The Kier molecular flexibility index (Phi) is 5.11. The van der Waals surface area contributed by atoms with E-state index >= 15 is 0 Å². The fraction of sp³-hybridized carbons (Fsp3) is 0.154. The predicted molar refractivity (Wildman–Crippen MR) is 60.0 cm³/mol. The van der Waals surface area contributed by atoms with Crippen LogP contribution in [0.15, 0.2) is 54.6 Å². The average Bonchev–Trinajstić information content (AvgIpc) is 2.25. The summed E-state index contributed by atoms with van der Waals surface area (Å²) in [6, 6.07) is 10.3. The maximum atomic E-state index is 4.64. The van der Waals surface area contributed by atoms with Gasteiger partial charge >= 0.3 is 0 Å². The molecule has 0 aromatic heterocycles. The van der Waals surface area contributed by atoms with Crippen LogP contribution in [0, 0.1) is 0 Å². The van der Waals surface area contributed by atoms with Gasteiger partial charge in [-0.2, -0.15) is 0 Å². The molecule has 14 heavy (non-hydrogen) atoms. The number of hydrogen-bond donors (Lipinski definition) is 0. The zero-order valence-electron chi connectivity index (χ0n) is 8.31. The van der Waals surface area contributed by atoms with Crippen molar-refractivity contribution in [3.63, 3.8) is 0 Å². The van der Waals surface area contributed by atoms with E-state index in [0.717, 1.165) is 6.42 Å². The zero-order chi connectivity index (χ0) is 10.1. The van der Waals surface area contributed by atoms with Crippen molar-refractivity contribution in [2.45, 2.75) is 6.42 Å². The smallest absolute Gasteiger partial charge is 0.229 e. The Bertz CT molecular complexity index is 320. The minimum Gasteiger partial charge on any atom is -0.355 e. The first-order valence-electron chi connectivity index (χ1n) is 4.57. The molecule has 1 rings (SSSR count). The number of allylic oxidation sites excluding steroid dienone is 4. The van der Waals surface area contributed by atoms with E-state index in [1.165, 1.54) is 5.56 Å².